The van der Waals surface area contributed by atoms with E-state index < -0.39 is 0 Å². The topological polar surface area (TPSA) is 65.0 Å². The van der Waals surface area contributed by atoms with Gasteiger partial charge in [-0.15, -0.1) is 0 Å². The van der Waals surface area contributed by atoms with Gasteiger partial charge in [-0.1, -0.05) is 127 Å². The second-order valence-corrected chi connectivity index (χ2v) is 12.4. The quantitative estimate of drug-likeness (QED) is 0.187. The third-order valence-electron chi connectivity index (χ3n) is 9.34. The summed E-state index contributed by atoms with van der Waals surface area (Å²) in [4.78, 5) is 14.9. The normalized spacial score (nSPS) is 11.6. The first-order chi connectivity index (χ1) is 24.7. The summed E-state index contributed by atoms with van der Waals surface area (Å²) in [7, 11) is 0. The van der Waals surface area contributed by atoms with Crippen molar-refractivity contribution in [3.05, 3.63) is 164 Å². The highest BCUT2D eigenvalue weighted by Crippen LogP contribution is 2.39. The molecule has 0 amide bonds. The van der Waals surface area contributed by atoms with Gasteiger partial charge in [0.05, 0.1) is 0 Å². The third kappa shape index (κ3) is 4.75. The molecule has 0 saturated heterocycles. The first kappa shape index (κ1) is 28.2. The highest BCUT2D eigenvalue weighted by molar-refractivity contribution is 6.11. The Kier molecular flexibility index (Phi) is 6.42. The van der Waals surface area contributed by atoms with Crippen LogP contribution in [0.15, 0.2) is 173 Å². The van der Waals surface area contributed by atoms with Crippen LogP contribution in [0.4, 0.5) is 0 Å². The zero-order chi connectivity index (χ0) is 33.0. The van der Waals surface area contributed by atoms with E-state index in [9.17, 15) is 0 Å². The fraction of sp³-hybridized carbons (Fsp3) is 0. The van der Waals surface area contributed by atoms with Crippen LogP contribution in [0.2, 0.25) is 0 Å². The molecule has 50 heavy (non-hydrogen) atoms. The van der Waals surface area contributed by atoms with Crippen LogP contribution in [0.3, 0.4) is 0 Å². The lowest BCUT2D eigenvalue weighted by molar-refractivity contribution is 0.668. The molecule has 10 aromatic rings. The predicted octanol–water partition coefficient (Wildman–Crippen LogP) is 12.0. The van der Waals surface area contributed by atoms with Gasteiger partial charge in [0.25, 0.3) is 0 Å². The molecule has 3 aromatic heterocycles. The Labute approximate surface area is 287 Å². The number of furan rings is 2. The van der Waals surface area contributed by atoms with Gasteiger partial charge in [0.1, 0.15) is 22.3 Å². The van der Waals surface area contributed by atoms with Crippen LogP contribution in [-0.2, 0) is 0 Å². The molecule has 0 radical (unpaired) electrons. The number of aromatic nitrogens is 3. The maximum absolute atomic E-state index is 6.54. The SMILES string of the molecule is c1ccc(-c2cccc(-c3nc(-c4ccccc4)nc(-c4ccc5c(c4)oc4cc(-c6cccc7c6oc6ccccc67)ccc45)n3)c2)cc1. The molecule has 0 aliphatic heterocycles. The molecular formula is C45H27N3O2. The standard InChI is InChI=1S/C45H27N3O2/c1-3-11-28(12-4-1)30-15-9-16-32(25-30)44-46-43(29-13-5-2-6-14-29)47-45(48-44)33-22-24-37-36-23-21-31(26-40(36)49-41(37)27-33)34-18-10-19-38-35-17-7-8-20-39(35)50-42(34)38/h1-27H. The van der Waals surface area contributed by atoms with Gasteiger partial charge in [-0.05, 0) is 53.1 Å². The first-order valence-electron chi connectivity index (χ1n) is 16.6. The van der Waals surface area contributed by atoms with Crippen LogP contribution in [0.25, 0.3) is 100 Å². The molecule has 3 heterocycles. The van der Waals surface area contributed by atoms with Crippen molar-refractivity contribution in [1.29, 1.82) is 0 Å². The Hall–Kier alpha value is -6.85. The van der Waals surface area contributed by atoms with Crippen molar-refractivity contribution < 1.29 is 8.83 Å². The van der Waals surface area contributed by atoms with Crippen molar-refractivity contribution in [2.24, 2.45) is 0 Å². The second-order valence-electron chi connectivity index (χ2n) is 12.4. The lowest BCUT2D eigenvalue weighted by atomic mass is 10.0. The summed E-state index contributed by atoms with van der Waals surface area (Å²) in [5, 5.41) is 4.30. The third-order valence-corrected chi connectivity index (χ3v) is 9.34. The zero-order valence-corrected chi connectivity index (χ0v) is 26.7. The van der Waals surface area contributed by atoms with Gasteiger partial charge in [0, 0.05) is 43.8 Å². The molecule has 234 valence electrons. The van der Waals surface area contributed by atoms with Gasteiger partial charge in [-0.3, -0.25) is 0 Å². The summed E-state index contributed by atoms with van der Waals surface area (Å²) >= 11 is 0. The van der Waals surface area contributed by atoms with Crippen LogP contribution < -0.4 is 0 Å². The number of rotatable bonds is 5. The molecule has 5 heteroatoms. The van der Waals surface area contributed by atoms with E-state index in [1.807, 2.05) is 84.9 Å². The lowest BCUT2D eigenvalue weighted by Crippen LogP contribution is -2.00. The van der Waals surface area contributed by atoms with Crippen molar-refractivity contribution >= 4 is 43.9 Å². The first-order valence-corrected chi connectivity index (χ1v) is 16.6. The average Bonchev–Trinajstić information content (AvgIpc) is 3.76. The lowest BCUT2D eigenvalue weighted by Gasteiger charge is -2.09. The molecule has 0 saturated carbocycles. The fourth-order valence-electron chi connectivity index (χ4n) is 6.88. The van der Waals surface area contributed by atoms with Crippen LogP contribution in [0.1, 0.15) is 0 Å². The van der Waals surface area contributed by atoms with Gasteiger partial charge in [0.2, 0.25) is 0 Å². The minimum absolute atomic E-state index is 0.582. The van der Waals surface area contributed by atoms with E-state index in [4.69, 9.17) is 23.8 Å². The molecule has 0 bridgehead atoms. The summed E-state index contributed by atoms with van der Waals surface area (Å²) in [6, 6.07) is 55.7. The molecular weight excluding hydrogens is 615 g/mol. The van der Waals surface area contributed by atoms with Gasteiger partial charge in [-0.2, -0.15) is 0 Å². The van der Waals surface area contributed by atoms with Gasteiger partial charge in [-0.25, -0.2) is 15.0 Å². The van der Waals surface area contributed by atoms with Crippen LogP contribution >= 0.6 is 0 Å². The van der Waals surface area contributed by atoms with E-state index in [0.717, 1.165) is 82.8 Å². The minimum Gasteiger partial charge on any atom is -0.456 e. The van der Waals surface area contributed by atoms with E-state index in [0.29, 0.717) is 17.5 Å². The van der Waals surface area contributed by atoms with Crippen LogP contribution in [0, 0.1) is 0 Å². The number of nitrogens with zero attached hydrogens (tertiary/aromatic N) is 3. The predicted molar refractivity (Wildman–Crippen MR) is 202 cm³/mol. The van der Waals surface area contributed by atoms with Crippen molar-refractivity contribution in [3.8, 4) is 56.4 Å². The monoisotopic (exact) mass is 641 g/mol. The molecule has 0 fully saturated rings. The molecule has 5 nitrogen and oxygen atoms in total. The maximum atomic E-state index is 6.54. The number of fused-ring (bicyclic) bond motifs is 6. The van der Waals surface area contributed by atoms with Crippen LogP contribution in [-0.4, -0.2) is 15.0 Å². The summed E-state index contributed by atoms with van der Waals surface area (Å²) < 4.78 is 12.9. The number of para-hydroxylation sites is 2. The smallest absolute Gasteiger partial charge is 0.164 e. The van der Waals surface area contributed by atoms with Crippen molar-refractivity contribution in [2.45, 2.75) is 0 Å². The van der Waals surface area contributed by atoms with E-state index in [1.54, 1.807) is 0 Å². The summed E-state index contributed by atoms with van der Waals surface area (Å²) in [6.45, 7) is 0. The molecule has 0 spiro atoms. The molecule has 0 N–H and O–H groups in total. The van der Waals surface area contributed by atoms with Crippen molar-refractivity contribution in [1.82, 2.24) is 15.0 Å². The van der Waals surface area contributed by atoms with E-state index in [-0.39, 0.29) is 0 Å². The Morgan fingerprint density at radius 1 is 0.300 bits per heavy atom. The Bertz CT molecular complexity index is 2870. The van der Waals surface area contributed by atoms with Gasteiger partial charge < -0.3 is 8.83 Å². The highest BCUT2D eigenvalue weighted by atomic mass is 16.3. The fourth-order valence-corrected chi connectivity index (χ4v) is 6.88. The number of benzene rings is 7. The van der Waals surface area contributed by atoms with Crippen molar-refractivity contribution in [3.63, 3.8) is 0 Å². The Morgan fingerprint density at radius 3 is 1.58 bits per heavy atom. The summed E-state index contributed by atoms with van der Waals surface area (Å²) in [5.41, 5.74) is 10.3. The molecule has 0 aliphatic rings. The molecule has 7 aromatic carbocycles. The van der Waals surface area contributed by atoms with E-state index >= 15 is 0 Å². The van der Waals surface area contributed by atoms with Gasteiger partial charge in [0.15, 0.2) is 17.5 Å². The number of hydrogen-bond donors (Lipinski definition) is 0. The van der Waals surface area contributed by atoms with Crippen LogP contribution in [0.5, 0.6) is 0 Å². The molecule has 10 rings (SSSR count). The molecule has 0 unspecified atom stereocenters. The van der Waals surface area contributed by atoms with Gasteiger partial charge >= 0.3 is 0 Å². The zero-order valence-electron chi connectivity index (χ0n) is 26.7. The van der Waals surface area contributed by atoms with E-state index in [1.165, 1.54) is 0 Å². The highest BCUT2D eigenvalue weighted by Gasteiger charge is 2.17. The molecule has 0 atom stereocenters. The van der Waals surface area contributed by atoms with Crippen molar-refractivity contribution in [2.75, 3.05) is 0 Å². The second kappa shape index (κ2) is 11.4. The minimum atomic E-state index is 0.582. The average molecular weight is 642 g/mol. The number of hydrogen-bond acceptors (Lipinski definition) is 5. The largest absolute Gasteiger partial charge is 0.456 e. The summed E-state index contributed by atoms with van der Waals surface area (Å²) in [5.74, 6) is 1.81. The maximum Gasteiger partial charge on any atom is 0.164 e. The summed E-state index contributed by atoms with van der Waals surface area (Å²) in [6.07, 6.45) is 0. The molecule has 0 aliphatic carbocycles. The Balaban J connectivity index is 1.09. The van der Waals surface area contributed by atoms with E-state index in [2.05, 4.69) is 78.9 Å². The Morgan fingerprint density at radius 2 is 0.820 bits per heavy atom.